The van der Waals surface area contributed by atoms with Gasteiger partial charge in [-0.05, 0) is 146 Å². The number of alkyl halides is 1. The van der Waals surface area contributed by atoms with Gasteiger partial charge in [-0.1, -0.05) is 76.9 Å². The molecule has 6 aliphatic rings. The second-order valence-corrected chi connectivity index (χ2v) is 20.9. The second kappa shape index (κ2) is 14.6. The van der Waals surface area contributed by atoms with Gasteiger partial charge >= 0.3 is 5.97 Å². The number of piperazine rings is 1. The third-order valence-corrected chi connectivity index (χ3v) is 18.3. The summed E-state index contributed by atoms with van der Waals surface area (Å²) in [4.78, 5) is 14.3. The monoisotopic (exact) mass is 749 g/mol. The SMILES string of the molecule is C=C(C)C1CCC2(NCCN3CCN(SCCCCl)CC3)CCC3(C)C(CCC4C5(C)CC=C(c6ccc(C(=O)O)cc6)C(C)(C)C5CCC43C)C12. The van der Waals surface area contributed by atoms with Crippen LogP contribution >= 0.6 is 23.5 Å². The molecule has 288 valence electrons. The Balaban J connectivity index is 1.09. The molecule has 1 aromatic rings. The molecule has 52 heavy (non-hydrogen) atoms. The molecule has 7 rings (SSSR count). The van der Waals surface area contributed by atoms with Gasteiger partial charge in [0, 0.05) is 56.4 Å². The summed E-state index contributed by atoms with van der Waals surface area (Å²) < 4.78 is 2.55. The van der Waals surface area contributed by atoms with Crippen molar-refractivity contribution in [3.63, 3.8) is 0 Å². The molecule has 0 amide bonds. The highest BCUT2D eigenvalue weighted by Gasteiger charge is 2.70. The smallest absolute Gasteiger partial charge is 0.335 e. The second-order valence-electron chi connectivity index (χ2n) is 19.3. The normalized spacial score (nSPS) is 40.2. The fourth-order valence-electron chi connectivity index (χ4n) is 14.1. The number of allylic oxidation sites excluding steroid dienone is 3. The van der Waals surface area contributed by atoms with Gasteiger partial charge in [0.15, 0.2) is 0 Å². The van der Waals surface area contributed by atoms with Crippen LogP contribution in [0, 0.1) is 51.2 Å². The lowest BCUT2D eigenvalue weighted by atomic mass is 9.33. The van der Waals surface area contributed by atoms with E-state index in [-0.39, 0.29) is 16.4 Å². The number of carboxylic acid groups (broad SMARTS) is 1. The number of rotatable bonds is 11. The van der Waals surface area contributed by atoms with E-state index in [0.29, 0.717) is 40.1 Å². The Morgan fingerprint density at radius 2 is 1.67 bits per heavy atom. The summed E-state index contributed by atoms with van der Waals surface area (Å²) in [6.45, 7) is 27.1. The maximum Gasteiger partial charge on any atom is 0.335 e. The van der Waals surface area contributed by atoms with E-state index in [0.717, 1.165) is 56.6 Å². The van der Waals surface area contributed by atoms with Gasteiger partial charge in [-0.3, -0.25) is 4.90 Å². The van der Waals surface area contributed by atoms with Gasteiger partial charge in [0.05, 0.1) is 5.56 Å². The first-order chi connectivity index (χ1) is 24.7. The lowest BCUT2D eigenvalue weighted by Crippen LogP contribution is -2.68. The van der Waals surface area contributed by atoms with Crippen LogP contribution in [0.4, 0.5) is 0 Å². The Labute approximate surface area is 325 Å². The lowest BCUT2D eigenvalue weighted by Gasteiger charge is -2.72. The predicted octanol–water partition coefficient (Wildman–Crippen LogP) is 10.3. The van der Waals surface area contributed by atoms with Gasteiger partial charge < -0.3 is 10.4 Å². The summed E-state index contributed by atoms with van der Waals surface area (Å²) >= 11 is 7.90. The van der Waals surface area contributed by atoms with E-state index < -0.39 is 5.97 Å². The third-order valence-electron chi connectivity index (χ3n) is 16.9. The number of fused-ring (bicyclic) bond motifs is 7. The van der Waals surface area contributed by atoms with Crippen molar-refractivity contribution in [3.05, 3.63) is 53.6 Å². The third kappa shape index (κ3) is 6.39. The quantitative estimate of drug-likeness (QED) is 0.102. The average Bonchev–Trinajstić information content (AvgIpc) is 3.49. The summed E-state index contributed by atoms with van der Waals surface area (Å²) in [5.74, 6) is 4.43. The highest BCUT2D eigenvalue weighted by molar-refractivity contribution is 7.97. The molecule has 1 aliphatic heterocycles. The Kier molecular flexibility index (Phi) is 11.0. The van der Waals surface area contributed by atoms with Crippen LogP contribution in [0.3, 0.4) is 0 Å². The molecule has 9 atom stereocenters. The molecule has 4 saturated carbocycles. The zero-order valence-electron chi connectivity index (χ0n) is 33.2. The minimum absolute atomic E-state index is 0.0364. The van der Waals surface area contributed by atoms with E-state index in [1.807, 2.05) is 24.1 Å². The van der Waals surface area contributed by atoms with E-state index in [4.69, 9.17) is 11.6 Å². The average molecular weight is 751 g/mol. The Hall–Kier alpha value is -1.31. The van der Waals surface area contributed by atoms with Crippen LogP contribution < -0.4 is 5.32 Å². The van der Waals surface area contributed by atoms with Crippen LogP contribution in [0.5, 0.6) is 0 Å². The van der Waals surface area contributed by atoms with Gasteiger partial charge in [-0.25, -0.2) is 9.10 Å². The number of nitrogens with one attached hydrogen (secondary N) is 1. The first-order valence-electron chi connectivity index (χ1n) is 20.8. The standard InChI is InChI=1S/C45H68ClN3O2S/c1-31(2)34-15-20-45(47-24-25-48-26-28-49(29-27-48)52-30-8-23-46)22-21-43(6)36(39(34)45)13-14-38-42(5)18-16-35(32-9-11-33(12-10-32)40(50)51)41(3,4)37(42)17-19-44(38,43)7/h9-12,16,34,36-39,47H,1,8,13-15,17-30H2,2-7H3,(H,50,51). The Morgan fingerprint density at radius 1 is 0.942 bits per heavy atom. The molecule has 9 unspecified atom stereocenters. The summed E-state index contributed by atoms with van der Waals surface area (Å²) in [5.41, 5.74) is 5.60. The number of hydrogen-bond acceptors (Lipinski definition) is 5. The molecule has 5 fully saturated rings. The van der Waals surface area contributed by atoms with Crippen molar-refractivity contribution in [1.82, 2.24) is 14.5 Å². The topological polar surface area (TPSA) is 55.8 Å². The number of aromatic carboxylic acids is 1. The van der Waals surface area contributed by atoms with Gasteiger partial charge in [-0.15, -0.1) is 11.6 Å². The largest absolute Gasteiger partial charge is 0.478 e. The number of benzene rings is 1. The molecule has 2 N–H and O–H groups in total. The summed E-state index contributed by atoms with van der Waals surface area (Å²) in [6.07, 6.45) is 15.3. The molecule has 5 nitrogen and oxygen atoms in total. The zero-order chi connectivity index (χ0) is 37.1. The van der Waals surface area contributed by atoms with E-state index in [1.54, 1.807) is 12.1 Å². The van der Waals surface area contributed by atoms with Crippen molar-refractivity contribution in [1.29, 1.82) is 0 Å². The van der Waals surface area contributed by atoms with Crippen molar-refractivity contribution in [2.24, 2.45) is 51.2 Å². The van der Waals surface area contributed by atoms with Crippen molar-refractivity contribution in [2.75, 3.05) is 50.9 Å². The minimum atomic E-state index is -0.854. The molecule has 1 heterocycles. The molecule has 0 bridgehead atoms. The fraction of sp³-hybridized carbons (Fsp3) is 0.756. The fourth-order valence-corrected chi connectivity index (χ4v) is 15.4. The van der Waals surface area contributed by atoms with E-state index in [1.165, 1.54) is 81.2 Å². The highest BCUT2D eigenvalue weighted by atomic mass is 35.5. The first-order valence-corrected chi connectivity index (χ1v) is 22.3. The Morgan fingerprint density at radius 3 is 2.35 bits per heavy atom. The minimum Gasteiger partial charge on any atom is -0.478 e. The van der Waals surface area contributed by atoms with Gasteiger partial charge in [-0.2, -0.15) is 0 Å². The zero-order valence-corrected chi connectivity index (χ0v) is 34.8. The lowest BCUT2D eigenvalue weighted by molar-refractivity contribution is -0.219. The first kappa shape index (κ1) is 38.9. The van der Waals surface area contributed by atoms with Crippen LogP contribution in [-0.2, 0) is 0 Å². The molecule has 1 aromatic carbocycles. The molecular weight excluding hydrogens is 682 g/mol. The Bertz CT molecular complexity index is 1520. The van der Waals surface area contributed by atoms with Crippen molar-refractivity contribution in [3.8, 4) is 0 Å². The number of carboxylic acids is 1. The van der Waals surface area contributed by atoms with Crippen LogP contribution in [-0.4, -0.2) is 76.7 Å². The van der Waals surface area contributed by atoms with E-state index in [2.05, 4.69) is 68.7 Å². The molecule has 1 saturated heterocycles. The van der Waals surface area contributed by atoms with Crippen LogP contribution in [0.25, 0.3) is 5.57 Å². The van der Waals surface area contributed by atoms with E-state index >= 15 is 0 Å². The molecular formula is C45H68ClN3O2S. The van der Waals surface area contributed by atoms with Crippen molar-refractivity contribution in [2.45, 2.75) is 111 Å². The number of carbonyl (C=O) groups is 1. The molecule has 0 radical (unpaired) electrons. The van der Waals surface area contributed by atoms with Crippen molar-refractivity contribution >= 4 is 35.1 Å². The van der Waals surface area contributed by atoms with E-state index in [9.17, 15) is 9.90 Å². The van der Waals surface area contributed by atoms with Crippen LogP contribution in [0.2, 0.25) is 0 Å². The summed E-state index contributed by atoms with van der Waals surface area (Å²) in [6, 6.07) is 7.67. The van der Waals surface area contributed by atoms with Gasteiger partial charge in [0.25, 0.3) is 0 Å². The van der Waals surface area contributed by atoms with Crippen LogP contribution in [0.1, 0.15) is 122 Å². The number of nitrogens with zero attached hydrogens (tertiary/aromatic N) is 2. The number of halogens is 1. The molecule has 7 heteroatoms. The highest BCUT2D eigenvalue weighted by Crippen LogP contribution is 2.76. The summed E-state index contributed by atoms with van der Waals surface area (Å²) in [7, 11) is 0. The predicted molar refractivity (Wildman–Crippen MR) is 220 cm³/mol. The van der Waals surface area contributed by atoms with Crippen LogP contribution in [0.15, 0.2) is 42.5 Å². The molecule has 0 spiro atoms. The van der Waals surface area contributed by atoms with Gasteiger partial charge in [0.1, 0.15) is 0 Å². The maximum atomic E-state index is 11.6. The number of hydrogen-bond donors (Lipinski definition) is 2. The molecule has 0 aromatic heterocycles. The van der Waals surface area contributed by atoms with Gasteiger partial charge in [0.2, 0.25) is 0 Å². The van der Waals surface area contributed by atoms with Crippen molar-refractivity contribution < 1.29 is 9.90 Å². The summed E-state index contributed by atoms with van der Waals surface area (Å²) in [5, 5.41) is 13.9. The maximum absolute atomic E-state index is 11.6. The molecule has 5 aliphatic carbocycles.